The number of rotatable bonds is 6. The van der Waals surface area contributed by atoms with Crippen molar-refractivity contribution in [3.05, 3.63) is 16.1 Å². The summed E-state index contributed by atoms with van der Waals surface area (Å²) in [5, 5.41) is 6.59. The van der Waals surface area contributed by atoms with Crippen LogP contribution in [0.2, 0.25) is 0 Å². The highest BCUT2D eigenvalue weighted by molar-refractivity contribution is 7.09. The van der Waals surface area contributed by atoms with Crippen molar-refractivity contribution in [1.82, 2.24) is 10.3 Å². The molecule has 0 amide bonds. The Labute approximate surface area is 89.5 Å². The van der Waals surface area contributed by atoms with E-state index in [1.54, 1.807) is 11.3 Å². The minimum absolute atomic E-state index is 0.320. The fourth-order valence-corrected chi connectivity index (χ4v) is 1.88. The summed E-state index contributed by atoms with van der Waals surface area (Å²) in [5.41, 5.74) is 1.13. The third-order valence-corrected chi connectivity index (χ3v) is 2.77. The minimum atomic E-state index is 0.320. The Bertz CT molecular complexity index is 262. The van der Waals surface area contributed by atoms with Gasteiger partial charge < -0.3 is 10.1 Å². The molecule has 1 unspecified atom stereocenters. The number of nitrogens with zero attached hydrogens (tertiary/aromatic N) is 1. The van der Waals surface area contributed by atoms with Gasteiger partial charge in [0.05, 0.1) is 17.3 Å². The first kappa shape index (κ1) is 11.6. The lowest BCUT2D eigenvalue weighted by atomic mass is 10.2. The van der Waals surface area contributed by atoms with Gasteiger partial charge in [0.15, 0.2) is 0 Å². The van der Waals surface area contributed by atoms with Gasteiger partial charge in [0, 0.05) is 24.6 Å². The molecule has 0 saturated carbocycles. The van der Waals surface area contributed by atoms with Gasteiger partial charge in [-0.3, -0.25) is 0 Å². The van der Waals surface area contributed by atoms with Gasteiger partial charge in [-0.05, 0) is 20.8 Å². The molecule has 0 aliphatic rings. The van der Waals surface area contributed by atoms with E-state index in [0.717, 1.165) is 30.5 Å². The summed E-state index contributed by atoms with van der Waals surface area (Å²) < 4.78 is 5.24. The number of aryl methyl sites for hydroxylation is 1. The zero-order valence-electron chi connectivity index (χ0n) is 9.04. The molecule has 0 aliphatic heterocycles. The van der Waals surface area contributed by atoms with Gasteiger partial charge in [0.1, 0.15) is 0 Å². The normalized spacial score (nSPS) is 13.1. The topological polar surface area (TPSA) is 34.1 Å². The number of aromatic nitrogens is 1. The Morgan fingerprint density at radius 2 is 2.43 bits per heavy atom. The minimum Gasteiger partial charge on any atom is -0.380 e. The summed E-state index contributed by atoms with van der Waals surface area (Å²) >= 11 is 1.69. The van der Waals surface area contributed by atoms with E-state index in [2.05, 4.69) is 22.6 Å². The van der Waals surface area contributed by atoms with Gasteiger partial charge in [0.2, 0.25) is 0 Å². The van der Waals surface area contributed by atoms with Crippen molar-refractivity contribution in [2.24, 2.45) is 0 Å². The second-order valence-electron chi connectivity index (χ2n) is 3.16. The molecule has 3 nitrogen and oxygen atoms in total. The van der Waals surface area contributed by atoms with Crippen LogP contribution >= 0.6 is 11.3 Å². The van der Waals surface area contributed by atoms with Gasteiger partial charge in [0.25, 0.3) is 0 Å². The predicted molar refractivity (Wildman–Crippen MR) is 59.8 cm³/mol. The van der Waals surface area contributed by atoms with Crippen molar-refractivity contribution in [1.29, 1.82) is 0 Å². The van der Waals surface area contributed by atoms with Gasteiger partial charge in [-0.15, -0.1) is 11.3 Å². The van der Waals surface area contributed by atoms with Crippen LogP contribution in [0.3, 0.4) is 0 Å². The highest BCUT2D eigenvalue weighted by Crippen LogP contribution is 2.15. The molecule has 1 aromatic rings. The van der Waals surface area contributed by atoms with Crippen molar-refractivity contribution in [2.75, 3.05) is 19.8 Å². The second-order valence-corrected chi connectivity index (χ2v) is 4.23. The molecule has 80 valence electrons. The smallest absolute Gasteiger partial charge is 0.0898 e. The quantitative estimate of drug-likeness (QED) is 0.737. The molecule has 1 N–H and O–H groups in total. The summed E-state index contributed by atoms with van der Waals surface area (Å²) in [4.78, 5) is 4.42. The van der Waals surface area contributed by atoms with Gasteiger partial charge >= 0.3 is 0 Å². The molecule has 1 atom stereocenters. The third kappa shape index (κ3) is 3.74. The molecule has 0 saturated heterocycles. The zero-order chi connectivity index (χ0) is 10.4. The summed E-state index contributed by atoms with van der Waals surface area (Å²) in [6, 6.07) is 0.320. The Balaban J connectivity index is 2.25. The molecule has 1 aromatic heterocycles. The van der Waals surface area contributed by atoms with E-state index in [1.807, 2.05) is 13.8 Å². The highest BCUT2D eigenvalue weighted by Gasteiger charge is 2.06. The van der Waals surface area contributed by atoms with Crippen molar-refractivity contribution in [2.45, 2.75) is 26.8 Å². The first-order chi connectivity index (χ1) is 6.74. The van der Waals surface area contributed by atoms with Crippen LogP contribution < -0.4 is 5.32 Å². The molecule has 1 rings (SSSR count). The van der Waals surface area contributed by atoms with Crippen molar-refractivity contribution >= 4 is 11.3 Å². The molecular formula is C10H18N2OS. The molecule has 4 heteroatoms. The molecule has 0 spiro atoms. The van der Waals surface area contributed by atoms with E-state index in [4.69, 9.17) is 4.74 Å². The van der Waals surface area contributed by atoms with Crippen LogP contribution in [0.1, 0.15) is 30.6 Å². The lowest BCUT2D eigenvalue weighted by Crippen LogP contribution is -2.23. The van der Waals surface area contributed by atoms with Crippen LogP contribution in [0.5, 0.6) is 0 Å². The van der Waals surface area contributed by atoms with Gasteiger partial charge in [-0.1, -0.05) is 0 Å². The van der Waals surface area contributed by atoms with Crippen LogP contribution in [0.4, 0.5) is 0 Å². The molecule has 0 aliphatic carbocycles. The maximum absolute atomic E-state index is 5.24. The van der Waals surface area contributed by atoms with Gasteiger partial charge in [-0.2, -0.15) is 0 Å². The Morgan fingerprint density at radius 1 is 1.64 bits per heavy atom. The largest absolute Gasteiger partial charge is 0.380 e. The van der Waals surface area contributed by atoms with Crippen LogP contribution in [-0.2, 0) is 4.74 Å². The van der Waals surface area contributed by atoms with Crippen molar-refractivity contribution < 1.29 is 4.74 Å². The van der Waals surface area contributed by atoms with Crippen molar-refractivity contribution in [3.8, 4) is 0 Å². The highest BCUT2D eigenvalue weighted by atomic mass is 32.1. The number of hydrogen-bond acceptors (Lipinski definition) is 4. The average molecular weight is 214 g/mol. The van der Waals surface area contributed by atoms with Crippen LogP contribution in [-0.4, -0.2) is 24.7 Å². The summed E-state index contributed by atoms with van der Waals surface area (Å²) in [6.07, 6.45) is 0. The molecule has 0 aromatic carbocycles. The monoisotopic (exact) mass is 214 g/mol. The van der Waals surface area contributed by atoms with Crippen LogP contribution in [0.25, 0.3) is 0 Å². The number of nitrogens with one attached hydrogen (secondary N) is 1. The SMILES string of the molecule is CCOCCNC(C)c1csc(C)n1. The number of hydrogen-bond donors (Lipinski definition) is 1. The van der Waals surface area contributed by atoms with E-state index < -0.39 is 0 Å². The second kappa shape index (κ2) is 6.11. The Hall–Kier alpha value is -0.450. The standard InChI is InChI=1S/C10H18N2OS/c1-4-13-6-5-11-8(2)10-7-14-9(3)12-10/h7-8,11H,4-6H2,1-3H3. The van der Waals surface area contributed by atoms with E-state index in [9.17, 15) is 0 Å². The lowest BCUT2D eigenvalue weighted by Gasteiger charge is -2.10. The van der Waals surface area contributed by atoms with E-state index in [-0.39, 0.29) is 0 Å². The molecule has 0 bridgehead atoms. The number of thiazole rings is 1. The fourth-order valence-electron chi connectivity index (χ4n) is 1.18. The molecule has 0 radical (unpaired) electrons. The number of ether oxygens (including phenoxy) is 1. The first-order valence-corrected chi connectivity index (χ1v) is 5.85. The Kier molecular flexibility index (Phi) is 5.07. The predicted octanol–water partition coefficient (Wildman–Crippen LogP) is 2.14. The lowest BCUT2D eigenvalue weighted by molar-refractivity contribution is 0.147. The molecular weight excluding hydrogens is 196 g/mol. The van der Waals surface area contributed by atoms with E-state index in [1.165, 1.54) is 0 Å². The van der Waals surface area contributed by atoms with Crippen LogP contribution in [0, 0.1) is 6.92 Å². The summed E-state index contributed by atoms with van der Waals surface area (Å²) in [6.45, 7) is 8.59. The summed E-state index contributed by atoms with van der Waals surface area (Å²) in [5.74, 6) is 0. The Morgan fingerprint density at radius 3 is 3.00 bits per heavy atom. The third-order valence-electron chi connectivity index (χ3n) is 1.98. The summed E-state index contributed by atoms with van der Waals surface area (Å²) in [7, 11) is 0. The van der Waals surface area contributed by atoms with E-state index >= 15 is 0 Å². The van der Waals surface area contributed by atoms with Crippen molar-refractivity contribution in [3.63, 3.8) is 0 Å². The molecule has 1 heterocycles. The maximum atomic E-state index is 5.24. The van der Waals surface area contributed by atoms with Crippen LogP contribution in [0.15, 0.2) is 5.38 Å². The average Bonchev–Trinajstić information content (AvgIpc) is 2.59. The zero-order valence-corrected chi connectivity index (χ0v) is 9.86. The van der Waals surface area contributed by atoms with Gasteiger partial charge in [-0.25, -0.2) is 4.98 Å². The fraction of sp³-hybridized carbons (Fsp3) is 0.700. The first-order valence-electron chi connectivity index (χ1n) is 4.97. The molecule has 0 fully saturated rings. The molecule has 14 heavy (non-hydrogen) atoms. The van der Waals surface area contributed by atoms with E-state index in [0.29, 0.717) is 6.04 Å². The maximum Gasteiger partial charge on any atom is 0.0898 e.